The van der Waals surface area contributed by atoms with Crippen molar-refractivity contribution in [2.45, 2.75) is 163 Å². The van der Waals surface area contributed by atoms with Crippen LogP contribution in [-0.4, -0.2) is 6.71 Å². The third-order valence-corrected chi connectivity index (χ3v) is 13.5. The van der Waals surface area contributed by atoms with Crippen molar-refractivity contribution in [3.8, 4) is 0 Å². The molecule has 2 aliphatic heterocycles. The predicted octanol–water partition coefficient (Wildman–Crippen LogP) is 13.2. The molecule has 3 nitrogen and oxygen atoms in total. The van der Waals surface area contributed by atoms with Crippen molar-refractivity contribution in [1.29, 1.82) is 0 Å². The van der Waals surface area contributed by atoms with Crippen molar-refractivity contribution in [1.82, 2.24) is 0 Å². The molecule has 298 valence electrons. The summed E-state index contributed by atoms with van der Waals surface area (Å²) in [5.74, 6) is 1.16. The summed E-state index contributed by atoms with van der Waals surface area (Å²) < 4.78 is 7.58. The summed E-state index contributed by atoms with van der Waals surface area (Å²) in [4.78, 5) is 5.19. The molecule has 1 aliphatic carbocycles. The molecule has 0 saturated heterocycles. The SMILES string of the molecule is Cc1cc2c3c(c1)N(c1ccc(C(C)(C)C)cc1)c1c(oc4c1C(C)(C)CCC4(C)C)B3c1cc(C(C)(C)C)ccc1N2c1cc(C(C)(C)C)cc(C(C)(C)C)c1. The Hall–Kier alpha value is -4.18. The van der Waals surface area contributed by atoms with E-state index in [4.69, 9.17) is 4.42 Å². The zero-order valence-electron chi connectivity index (χ0n) is 38.2. The molecule has 57 heavy (non-hydrogen) atoms. The number of anilines is 6. The molecule has 0 fully saturated rings. The summed E-state index contributed by atoms with van der Waals surface area (Å²) in [6.45, 7) is 39.9. The van der Waals surface area contributed by atoms with Crippen LogP contribution in [0, 0.1) is 6.92 Å². The molecule has 0 spiro atoms. The van der Waals surface area contributed by atoms with E-state index in [1.807, 2.05) is 0 Å². The Morgan fingerprint density at radius 3 is 1.58 bits per heavy atom. The molecule has 3 heterocycles. The average molecular weight is 759 g/mol. The first-order chi connectivity index (χ1) is 26.2. The lowest BCUT2D eigenvalue weighted by atomic mass is 9.35. The lowest BCUT2D eigenvalue weighted by Crippen LogP contribution is -2.61. The number of benzene rings is 4. The Morgan fingerprint density at radius 1 is 0.526 bits per heavy atom. The minimum Gasteiger partial charge on any atom is -0.472 e. The first kappa shape index (κ1) is 39.6. The van der Waals surface area contributed by atoms with Gasteiger partial charge in [0.25, 0.3) is 6.71 Å². The van der Waals surface area contributed by atoms with Gasteiger partial charge in [0.1, 0.15) is 5.76 Å². The van der Waals surface area contributed by atoms with Gasteiger partial charge in [-0.25, -0.2) is 0 Å². The number of furan rings is 1. The minimum absolute atomic E-state index is 0.0168. The monoisotopic (exact) mass is 759 g/mol. The lowest BCUT2D eigenvalue weighted by Gasteiger charge is -2.45. The van der Waals surface area contributed by atoms with E-state index < -0.39 is 0 Å². The number of nitrogens with zero attached hydrogens (tertiary/aromatic N) is 2. The predicted molar refractivity (Wildman–Crippen MR) is 248 cm³/mol. The Balaban J connectivity index is 1.52. The van der Waals surface area contributed by atoms with Gasteiger partial charge in [0.2, 0.25) is 0 Å². The smallest absolute Gasteiger partial charge is 0.297 e. The third-order valence-electron chi connectivity index (χ3n) is 13.5. The van der Waals surface area contributed by atoms with Crippen LogP contribution in [0.4, 0.5) is 34.1 Å². The van der Waals surface area contributed by atoms with E-state index in [2.05, 4.69) is 200 Å². The molecule has 4 aromatic carbocycles. The summed E-state index contributed by atoms with van der Waals surface area (Å²) in [5, 5.41) is 0. The zero-order valence-corrected chi connectivity index (χ0v) is 38.2. The van der Waals surface area contributed by atoms with Crippen molar-refractivity contribution in [3.63, 3.8) is 0 Å². The fraction of sp³-hybridized carbons (Fsp3) is 0.472. The topological polar surface area (TPSA) is 19.6 Å². The summed E-state index contributed by atoms with van der Waals surface area (Å²) in [6, 6.07) is 29.0. The maximum absolute atomic E-state index is 7.58. The van der Waals surface area contributed by atoms with Crippen molar-refractivity contribution in [2.75, 3.05) is 9.80 Å². The Kier molecular flexibility index (Phi) is 8.64. The molecule has 0 bridgehead atoms. The Labute approximate surface area is 345 Å². The van der Waals surface area contributed by atoms with Gasteiger partial charge in [-0.1, -0.05) is 141 Å². The van der Waals surface area contributed by atoms with Crippen LogP contribution in [0.3, 0.4) is 0 Å². The quantitative estimate of drug-likeness (QED) is 0.164. The summed E-state index contributed by atoms with van der Waals surface area (Å²) in [5.41, 5.74) is 19.0. The van der Waals surface area contributed by atoms with Gasteiger partial charge in [0.15, 0.2) is 0 Å². The highest BCUT2D eigenvalue weighted by Gasteiger charge is 2.52. The van der Waals surface area contributed by atoms with Crippen LogP contribution < -0.4 is 26.4 Å². The molecular formula is C53H67BN2O. The number of rotatable bonds is 2. The van der Waals surface area contributed by atoms with E-state index >= 15 is 0 Å². The van der Waals surface area contributed by atoms with E-state index in [0.29, 0.717) is 0 Å². The van der Waals surface area contributed by atoms with E-state index in [1.54, 1.807) is 0 Å². The van der Waals surface area contributed by atoms with E-state index in [-0.39, 0.29) is 39.2 Å². The van der Waals surface area contributed by atoms with Crippen molar-refractivity contribution < 1.29 is 4.42 Å². The van der Waals surface area contributed by atoms with Gasteiger partial charge < -0.3 is 14.2 Å². The average Bonchev–Trinajstić information content (AvgIpc) is 3.51. The van der Waals surface area contributed by atoms with Gasteiger partial charge in [-0.05, 0) is 128 Å². The fourth-order valence-electron chi connectivity index (χ4n) is 9.65. The maximum Gasteiger partial charge on any atom is 0.297 e. The normalized spacial score (nSPS) is 17.2. The first-order valence-corrected chi connectivity index (χ1v) is 21.5. The molecule has 4 heteroatoms. The van der Waals surface area contributed by atoms with Crippen LogP contribution in [0.25, 0.3) is 0 Å². The van der Waals surface area contributed by atoms with Crippen LogP contribution in [0.5, 0.6) is 0 Å². The molecule has 3 aliphatic rings. The summed E-state index contributed by atoms with van der Waals surface area (Å²) >= 11 is 0. The van der Waals surface area contributed by atoms with Crippen molar-refractivity contribution in [2.24, 2.45) is 0 Å². The van der Waals surface area contributed by atoms with Crippen LogP contribution in [0.1, 0.15) is 163 Å². The number of hydrogen-bond donors (Lipinski definition) is 0. The number of aryl methyl sites for hydroxylation is 1. The van der Waals surface area contributed by atoms with Gasteiger partial charge in [-0.2, -0.15) is 0 Å². The molecule has 0 saturated carbocycles. The molecule has 1 aromatic heterocycles. The number of fused-ring (bicyclic) bond motifs is 6. The van der Waals surface area contributed by atoms with E-state index in [0.717, 1.165) is 24.3 Å². The molecule has 8 rings (SSSR count). The van der Waals surface area contributed by atoms with Crippen molar-refractivity contribution >= 4 is 57.4 Å². The molecule has 5 aromatic rings. The van der Waals surface area contributed by atoms with Crippen LogP contribution in [0.2, 0.25) is 0 Å². The summed E-state index contributed by atoms with van der Waals surface area (Å²) in [7, 11) is 0. The fourth-order valence-corrected chi connectivity index (χ4v) is 9.65. The highest BCUT2D eigenvalue weighted by Crippen LogP contribution is 2.55. The molecule has 0 radical (unpaired) electrons. The molecule has 0 N–H and O–H groups in total. The maximum atomic E-state index is 7.58. The van der Waals surface area contributed by atoms with E-state index in [9.17, 15) is 0 Å². The Morgan fingerprint density at radius 2 is 1.04 bits per heavy atom. The Bertz CT molecular complexity index is 2380. The first-order valence-electron chi connectivity index (χ1n) is 21.5. The second kappa shape index (κ2) is 12.4. The van der Waals surface area contributed by atoms with E-state index in [1.165, 1.54) is 78.4 Å². The van der Waals surface area contributed by atoms with Gasteiger partial charge >= 0.3 is 0 Å². The highest BCUT2D eigenvalue weighted by atomic mass is 16.3. The van der Waals surface area contributed by atoms with Crippen LogP contribution >= 0.6 is 0 Å². The lowest BCUT2D eigenvalue weighted by molar-refractivity contribution is 0.282. The summed E-state index contributed by atoms with van der Waals surface area (Å²) in [6.07, 6.45) is 2.21. The largest absolute Gasteiger partial charge is 0.472 e. The van der Waals surface area contributed by atoms with Gasteiger partial charge in [0, 0.05) is 39.4 Å². The zero-order chi connectivity index (χ0) is 41.6. The standard InChI is InChI=1S/C53H67BN2O/c1-32-26-41-44-42(27-32)56(37-21-18-33(19-22-37)48(2,3)4)45-43-46(53(16,17)25-24-52(43,14)15)57-47(45)54(44)39-31-34(49(5,6)7)20-23-40(39)55(41)38-29-35(50(8,9)10)28-36(30-38)51(11,12)13/h18-23,26-31H,24-25H2,1-17H3. The third kappa shape index (κ3) is 6.40. The molecular weight excluding hydrogens is 691 g/mol. The highest BCUT2D eigenvalue weighted by molar-refractivity contribution is 6.99. The second-order valence-electron chi connectivity index (χ2n) is 23.2. The van der Waals surface area contributed by atoms with Gasteiger partial charge in [-0.15, -0.1) is 0 Å². The molecule has 0 amide bonds. The van der Waals surface area contributed by atoms with Crippen LogP contribution in [0.15, 0.2) is 77.2 Å². The number of hydrogen-bond acceptors (Lipinski definition) is 3. The molecule has 0 atom stereocenters. The second-order valence-corrected chi connectivity index (χ2v) is 23.2. The van der Waals surface area contributed by atoms with Gasteiger partial charge in [-0.3, -0.25) is 0 Å². The van der Waals surface area contributed by atoms with Crippen molar-refractivity contribution in [3.05, 3.63) is 112 Å². The molecule has 0 unspecified atom stereocenters. The van der Waals surface area contributed by atoms with Gasteiger partial charge in [0.05, 0.1) is 11.3 Å². The minimum atomic E-state index is -0.0809. The van der Waals surface area contributed by atoms with Crippen LogP contribution in [-0.2, 0) is 32.5 Å².